The normalized spacial score (nSPS) is 19.3. The van der Waals surface area contributed by atoms with Crippen LogP contribution in [0.25, 0.3) is 0 Å². The van der Waals surface area contributed by atoms with E-state index in [-0.39, 0.29) is 18.0 Å². The molecule has 1 aliphatic rings. The number of sulfonamides is 1. The smallest absolute Gasteiger partial charge is 0.293 e. The van der Waals surface area contributed by atoms with Crippen LogP contribution in [0.4, 0.5) is 5.69 Å². The van der Waals surface area contributed by atoms with Crippen molar-refractivity contribution >= 4 is 33.4 Å². The number of nitrogens with two attached hydrogens (primary N) is 1. The van der Waals surface area contributed by atoms with E-state index in [9.17, 15) is 23.3 Å². The molecular weight excluding hydrogens is 346 g/mol. The maximum Gasteiger partial charge on any atom is 0.293 e. The van der Waals surface area contributed by atoms with E-state index < -0.39 is 37.5 Å². The van der Waals surface area contributed by atoms with Crippen molar-refractivity contribution in [2.24, 2.45) is 5.73 Å². The highest BCUT2D eigenvalue weighted by molar-refractivity contribution is 7.99. The van der Waals surface area contributed by atoms with Crippen LogP contribution in [0.5, 0.6) is 5.75 Å². The van der Waals surface area contributed by atoms with Gasteiger partial charge in [-0.2, -0.15) is 16.1 Å². The third-order valence-electron chi connectivity index (χ3n) is 3.36. The Balaban J connectivity index is 2.54. The van der Waals surface area contributed by atoms with Gasteiger partial charge in [0.1, 0.15) is 11.8 Å². The molecule has 1 heterocycles. The average Bonchev–Trinajstić information content (AvgIpc) is 2.54. The zero-order valence-corrected chi connectivity index (χ0v) is 13.8. The molecule has 126 valence electrons. The molecule has 0 radical (unpaired) electrons. The highest BCUT2D eigenvalue weighted by atomic mass is 32.2. The third kappa shape index (κ3) is 3.41. The van der Waals surface area contributed by atoms with E-state index in [1.165, 1.54) is 24.9 Å². The number of nitro benzene ring substituents is 1. The lowest BCUT2D eigenvalue weighted by atomic mass is 10.3. The number of rotatable bonds is 5. The first-order chi connectivity index (χ1) is 10.8. The molecule has 1 amide bonds. The molecule has 0 aliphatic carbocycles. The van der Waals surface area contributed by atoms with Gasteiger partial charge in [-0.15, -0.1) is 0 Å². The number of primary amides is 1. The molecular formula is C12H15N3O6S2. The highest BCUT2D eigenvalue weighted by Crippen LogP contribution is 2.32. The largest absolute Gasteiger partial charge is 0.497 e. The Labute approximate surface area is 137 Å². The molecule has 0 aromatic heterocycles. The van der Waals surface area contributed by atoms with Gasteiger partial charge >= 0.3 is 0 Å². The van der Waals surface area contributed by atoms with Crippen LogP contribution in [0.15, 0.2) is 23.1 Å². The average molecular weight is 361 g/mol. The minimum atomic E-state index is -4.23. The minimum absolute atomic E-state index is 0.0593. The van der Waals surface area contributed by atoms with Gasteiger partial charge in [-0.05, 0) is 12.1 Å². The summed E-state index contributed by atoms with van der Waals surface area (Å²) in [4.78, 5) is 21.4. The third-order valence-corrected chi connectivity index (χ3v) is 6.34. The molecule has 0 saturated carbocycles. The first kappa shape index (κ1) is 17.5. The Morgan fingerprint density at radius 1 is 1.52 bits per heavy atom. The number of amides is 1. The van der Waals surface area contributed by atoms with Gasteiger partial charge in [-0.1, -0.05) is 0 Å². The molecule has 2 rings (SSSR count). The number of nitrogens with zero attached hydrogens (tertiary/aromatic N) is 2. The van der Waals surface area contributed by atoms with E-state index in [0.29, 0.717) is 5.75 Å². The van der Waals surface area contributed by atoms with E-state index in [1.807, 2.05) is 0 Å². The predicted molar refractivity (Wildman–Crippen MR) is 83.8 cm³/mol. The number of carbonyl (C=O) groups is 1. The quantitative estimate of drug-likeness (QED) is 0.585. The zero-order valence-electron chi connectivity index (χ0n) is 12.2. The standard InChI is InChI=1S/C12H15N3O6S2/c1-21-8-2-3-11(9(6-8)15(17)18)23(19,20)14-4-5-22-7-10(14)12(13)16/h2-3,6,10H,4-5,7H2,1H3,(H2,13,16)/t10-/m0/s1. The molecule has 11 heteroatoms. The second-order valence-electron chi connectivity index (χ2n) is 4.70. The fourth-order valence-corrected chi connectivity index (χ4v) is 5.22. The van der Waals surface area contributed by atoms with Gasteiger partial charge in [0.2, 0.25) is 5.91 Å². The number of nitro groups is 1. The fraction of sp³-hybridized carbons (Fsp3) is 0.417. The lowest BCUT2D eigenvalue weighted by molar-refractivity contribution is -0.387. The number of hydrogen-bond acceptors (Lipinski definition) is 7. The molecule has 9 nitrogen and oxygen atoms in total. The maximum atomic E-state index is 12.8. The van der Waals surface area contributed by atoms with E-state index in [4.69, 9.17) is 10.5 Å². The molecule has 0 spiro atoms. The summed E-state index contributed by atoms with van der Waals surface area (Å²) in [5.74, 6) is 0.0825. The summed E-state index contributed by atoms with van der Waals surface area (Å²) in [6, 6.07) is 2.43. The topological polar surface area (TPSA) is 133 Å². The van der Waals surface area contributed by atoms with E-state index in [1.54, 1.807) is 0 Å². The summed E-state index contributed by atoms with van der Waals surface area (Å²) in [6.07, 6.45) is 0. The van der Waals surface area contributed by atoms with Crippen molar-refractivity contribution in [2.75, 3.05) is 25.2 Å². The number of hydrogen-bond donors (Lipinski definition) is 1. The summed E-state index contributed by atoms with van der Waals surface area (Å²) in [5.41, 5.74) is 4.66. The number of methoxy groups -OCH3 is 1. The van der Waals surface area contributed by atoms with Crippen molar-refractivity contribution in [2.45, 2.75) is 10.9 Å². The van der Waals surface area contributed by atoms with Gasteiger partial charge in [0.25, 0.3) is 15.7 Å². The summed E-state index contributed by atoms with van der Waals surface area (Å²) >= 11 is 1.40. The van der Waals surface area contributed by atoms with Crippen molar-refractivity contribution < 1.29 is 22.9 Å². The Hall–Kier alpha value is -1.85. The van der Waals surface area contributed by atoms with Crippen molar-refractivity contribution in [1.82, 2.24) is 4.31 Å². The van der Waals surface area contributed by atoms with Gasteiger partial charge in [-0.3, -0.25) is 14.9 Å². The molecule has 1 aromatic carbocycles. The number of ether oxygens (including phenoxy) is 1. The second kappa shape index (κ2) is 6.72. The van der Waals surface area contributed by atoms with Crippen LogP contribution in [-0.2, 0) is 14.8 Å². The predicted octanol–water partition coefficient (Wildman–Crippen LogP) is 0.195. The van der Waals surface area contributed by atoms with E-state index >= 15 is 0 Å². The monoisotopic (exact) mass is 361 g/mol. The first-order valence-corrected chi connectivity index (χ1v) is 9.10. The lowest BCUT2D eigenvalue weighted by Gasteiger charge is -2.32. The van der Waals surface area contributed by atoms with Crippen molar-refractivity contribution in [3.05, 3.63) is 28.3 Å². The van der Waals surface area contributed by atoms with Crippen LogP contribution in [0, 0.1) is 10.1 Å². The van der Waals surface area contributed by atoms with Crippen molar-refractivity contribution in [3.8, 4) is 5.75 Å². The molecule has 2 N–H and O–H groups in total. The van der Waals surface area contributed by atoms with E-state index in [2.05, 4.69) is 0 Å². The van der Waals surface area contributed by atoms with Gasteiger partial charge in [-0.25, -0.2) is 8.42 Å². The molecule has 23 heavy (non-hydrogen) atoms. The van der Waals surface area contributed by atoms with Crippen LogP contribution in [0.2, 0.25) is 0 Å². The summed E-state index contributed by atoms with van der Waals surface area (Å²) in [6.45, 7) is 0.0593. The number of thioether (sulfide) groups is 1. The summed E-state index contributed by atoms with van der Waals surface area (Å²) < 4.78 is 31.4. The molecule has 1 atom stereocenters. The zero-order chi connectivity index (χ0) is 17.2. The molecule has 1 fully saturated rings. The Morgan fingerprint density at radius 2 is 2.22 bits per heavy atom. The molecule has 1 aromatic rings. The fourth-order valence-electron chi connectivity index (χ4n) is 2.21. The van der Waals surface area contributed by atoms with Crippen LogP contribution in [0.1, 0.15) is 0 Å². The molecule has 1 saturated heterocycles. The Morgan fingerprint density at radius 3 is 2.78 bits per heavy atom. The van der Waals surface area contributed by atoms with E-state index in [0.717, 1.165) is 16.4 Å². The second-order valence-corrected chi connectivity index (χ2v) is 7.71. The van der Waals surface area contributed by atoms with Crippen molar-refractivity contribution in [3.63, 3.8) is 0 Å². The minimum Gasteiger partial charge on any atom is -0.497 e. The van der Waals surface area contributed by atoms with Gasteiger partial charge in [0.05, 0.1) is 18.1 Å². The van der Waals surface area contributed by atoms with Crippen LogP contribution < -0.4 is 10.5 Å². The van der Waals surface area contributed by atoms with Crippen molar-refractivity contribution in [1.29, 1.82) is 0 Å². The van der Waals surface area contributed by atoms with Crippen LogP contribution in [-0.4, -0.2) is 54.8 Å². The van der Waals surface area contributed by atoms with Crippen LogP contribution in [0.3, 0.4) is 0 Å². The molecule has 1 aliphatic heterocycles. The highest BCUT2D eigenvalue weighted by Gasteiger charge is 2.40. The van der Waals surface area contributed by atoms with Gasteiger partial charge in [0, 0.05) is 18.1 Å². The van der Waals surface area contributed by atoms with Gasteiger partial charge < -0.3 is 10.5 Å². The molecule has 0 unspecified atom stereocenters. The Bertz CT molecular complexity index is 736. The van der Waals surface area contributed by atoms with Gasteiger partial charge in [0.15, 0.2) is 4.90 Å². The number of benzene rings is 1. The summed E-state index contributed by atoms with van der Waals surface area (Å²) in [5, 5.41) is 11.2. The Kier molecular flexibility index (Phi) is 5.12. The maximum absolute atomic E-state index is 12.8. The summed E-state index contributed by atoms with van der Waals surface area (Å²) in [7, 11) is -2.92. The first-order valence-electron chi connectivity index (χ1n) is 6.50. The molecule has 0 bridgehead atoms. The van der Waals surface area contributed by atoms with Crippen LogP contribution >= 0.6 is 11.8 Å². The number of carbonyl (C=O) groups excluding carboxylic acids is 1. The SMILES string of the molecule is COc1ccc(S(=O)(=O)N2CCSC[C@H]2C(N)=O)c([N+](=O)[O-])c1. The lowest BCUT2D eigenvalue weighted by Crippen LogP contribution is -2.52.